The molecule has 0 amide bonds. The third-order valence-corrected chi connectivity index (χ3v) is 3.17. The summed E-state index contributed by atoms with van der Waals surface area (Å²) in [4.78, 5) is 8.59. The fraction of sp³-hybridized carbons (Fsp3) is 0.375. The van der Waals surface area contributed by atoms with E-state index >= 15 is 0 Å². The van der Waals surface area contributed by atoms with Crippen molar-refractivity contribution in [2.75, 3.05) is 0 Å². The SMILES string of the molecule is Cc1cnc(CNC(C)CCc2ccccc2)cn1. The van der Waals surface area contributed by atoms with Gasteiger partial charge in [-0.1, -0.05) is 30.3 Å². The molecule has 0 aliphatic rings. The van der Waals surface area contributed by atoms with Gasteiger partial charge in [0.1, 0.15) is 0 Å². The molecule has 0 saturated carbocycles. The lowest BCUT2D eigenvalue weighted by atomic mass is 10.1. The van der Waals surface area contributed by atoms with Crippen LogP contribution in [0.5, 0.6) is 0 Å². The molecule has 100 valence electrons. The van der Waals surface area contributed by atoms with Crippen LogP contribution in [0.4, 0.5) is 0 Å². The second-order valence-electron chi connectivity index (χ2n) is 4.96. The van der Waals surface area contributed by atoms with Gasteiger partial charge in [-0.3, -0.25) is 9.97 Å². The summed E-state index contributed by atoms with van der Waals surface area (Å²) in [5.74, 6) is 0. The summed E-state index contributed by atoms with van der Waals surface area (Å²) in [6.45, 7) is 4.94. The van der Waals surface area contributed by atoms with Crippen molar-refractivity contribution in [2.45, 2.75) is 39.3 Å². The predicted molar refractivity (Wildman–Crippen MR) is 77.8 cm³/mol. The monoisotopic (exact) mass is 255 g/mol. The Morgan fingerprint density at radius 2 is 1.89 bits per heavy atom. The maximum absolute atomic E-state index is 4.34. The predicted octanol–water partition coefficient (Wildman–Crippen LogP) is 2.90. The van der Waals surface area contributed by atoms with Crippen molar-refractivity contribution >= 4 is 0 Å². The van der Waals surface area contributed by atoms with Crippen molar-refractivity contribution in [1.82, 2.24) is 15.3 Å². The summed E-state index contributed by atoms with van der Waals surface area (Å²) in [5, 5.41) is 3.49. The average molecular weight is 255 g/mol. The Balaban J connectivity index is 1.72. The number of nitrogens with zero attached hydrogens (tertiary/aromatic N) is 2. The Kier molecular flexibility index (Phi) is 5.04. The Hall–Kier alpha value is -1.74. The summed E-state index contributed by atoms with van der Waals surface area (Å²) in [6.07, 6.45) is 5.88. The van der Waals surface area contributed by atoms with Crippen molar-refractivity contribution in [3.8, 4) is 0 Å². The van der Waals surface area contributed by atoms with Crippen LogP contribution >= 0.6 is 0 Å². The van der Waals surface area contributed by atoms with Crippen LogP contribution in [0.25, 0.3) is 0 Å². The minimum atomic E-state index is 0.475. The first-order valence-corrected chi connectivity index (χ1v) is 6.79. The Morgan fingerprint density at radius 3 is 2.58 bits per heavy atom. The van der Waals surface area contributed by atoms with Gasteiger partial charge in [-0.05, 0) is 32.3 Å². The standard InChI is InChI=1S/C16H21N3/c1-13(8-9-15-6-4-3-5-7-15)17-11-16-12-18-14(2)10-19-16/h3-7,10,12-13,17H,8-9,11H2,1-2H3. The van der Waals surface area contributed by atoms with E-state index in [4.69, 9.17) is 0 Å². The fourth-order valence-electron chi connectivity index (χ4n) is 1.92. The first kappa shape index (κ1) is 13.7. The molecule has 0 radical (unpaired) electrons. The molecular weight excluding hydrogens is 234 g/mol. The first-order valence-electron chi connectivity index (χ1n) is 6.79. The zero-order valence-corrected chi connectivity index (χ0v) is 11.6. The van der Waals surface area contributed by atoms with E-state index in [2.05, 4.69) is 52.5 Å². The molecule has 1 atom stereocenters. The molecule has 0 fully saturated rings. The van der Waals surface area contributed by atoms with Gasteiger partial charge in [0.25, 0.3) is 0 Å². The number of benzene rings is 1. The van der Waals surface area contributed by atoms with Crippen LogP contribution < -0.4 is 5.32 Å². The van der Waals surface area contributed by atoms with Gasteiger partial charge in [0.2, 0.25) is 0 Å². The van der Waals surface area contributed by atoms with Crippen molar-refractivity contribution in [2.24, 2.45) is 0 Å². The van der Waals surface area contributed by atoms with Crippen molar-refractivity contribution in [3.63, 3.8) is 0 Å². The Bertz CT molecular complexity index is 479. The molecule has 2 aromatic rings. The molecule has 3 heteroatoms. The lowest BCUT2D eigenvalue weighted by Crippen LogP contribution is -2.26. The minimum absolute atomic E-state index is 0.475. The third-order valence-electron chi connectivity index (χ3n) is 3.17. The van der Waals surface area contributed by atoms with Crippen LogP contribution in [0.15, 0.2) is 42.7 Å². The molecule has 0 aliphatic heterocycles. The average Bonchev–Trinajstić information content (AvgIpc) is 2.45. The molecule has 19 heavy (non-hydrogen) atoms. The lowest BCUT2D eigenvalue weighted by Gasteiger charge is -2.13. The van der Waals surface area contributed by atoms with Gasteiger partial charge >= 0.3 is 0 Å². The lowest BCUT2D eigenvalue weighted by molar-refractivity contribution is 0.509. The van der Waals surface area contributed by atoms with E-state index in [-0.39, 0.29) is 0 Å². The number of rotatable bonds is 6. The first-order chi connectivity index (χ1) is 9.24. The van der Waals surface area contributed by atoms with Crippen molar-refractivity contribution in [1.29, 1.82) is 0 Å². The molecule has 2 rings (SSSR count). The van der Waals surface area contributed by atoms with Gasteiger partial charge in [0.05, 0.1) is 11.4 Å². The topological polar surface area (TPSA) is 37.8 Å². The van der Waals surface area contributed by atoms with Gasteiger partial charge in [-0.2, -0.15) is 0 Å². The molecule has 1 unspecified atom stereocenters. The smallest absolute Gasteiger partial charge is 0.0724 e. The van der Waals surface area contributed by atoms with Gasteiger partial charge in [0.15, 0.2) is 0 Å². The van der Waals surface area contributed by atoms with Crippen LogP contribution in [-0.2, 0) is 13.0 Å². The summed E-state index contributed by atoms with van der Waals surface area (Å²) in [5.41, 5.74) is 3.35. The van der Waals surface area contributed by atoms with Gasteiger partial charge in [-0.15, -0.1) is 0 Å². The zero-order chi connectivity index (χ0) is 13.5. The van der Waals surface area contributed by atoms with Crippen LogP contribution in [-0.4, -0.2) is 16.0 Å². The maximum atomic E-state index is 4.34. The van der Waals surface area contributed by atoms with Gasteiger partial charge in [0, 0.05) is 25.0 Å². The highest BCUT2D eigenvalue weighted by Crippen LogP contribution is 2.05. The van der Waals surface area contributed by atoms with Gasteiger partial charge in [-0.25, -0.2) is 0 Å². The fourth-order valence-corrected chi connectivity index (χ4v) is 1.92. The van der Waals surface area contributed by atoms with E-state index in [1.165, 1.54) is 5.56 Å². The minimum Gasteiger partial charge on any atom is -0.309 e. The number of hydrogen-bond donors (Lipinski definition) is 1. The van der Waals surface area contributed by atoms with E-state index in [1.807, 2.05) is 19.3 Å². The van der Waals surface area contributed by atoms with Crippen molar-refractivity contribution in [3.05, 3.63) is 59.7 Å². The molecule has 1 N–H and O–H groups in total. The zero-order valence-electron chi connectivity index (χ0n) is 11.6. The number of nitrogens with one attached hydrogen (secondary N) is 1. The summed E-state index contributed by atoms with van der Waals surface area (Å²) in [6, 6.07) is 11.1. The quantitative estimate of drug-likeness (QED) is 0.862. The largest absolute Gasteiger partial charge is 0.309 e. The Morgan fingerprint density at radius 1 is 1.11 bits per heavy atom. The molecule has 3 nitrogen and oxygen atoms in total. The van der Waals surface area contributed by atoms with Gasteiger partial charge < -0.3 is 5.32 Å². The normalized spacial score (nSPS) is 12.3. The molecule has 1 aromatic carbocycles. The number of aromatic nitrogens is 2. The van der Waals surface area contributed by atoms with Crippen LogP contribution in [0.3, 0.4) is 0 Å². The van der Waals surface area contributed by atoms with E-state index in [1.54, 1.807) is 0 Å². The van der Waals surface area contributed by atoms with E-state index in [0.717, 1.165) is 30.8 Å². The summed E-state index contributed by atoms with van der Waals surface area (Å²) >= 11 is 0. The molecule has 1 heterocycles. The van der Waals surface area contributed by atoms with Crippen molar-refractivity contribution < 1.29 is 0 Å². The highest BCUT2D eigenvalue weighted by Gasteiger charge is 2.03. The third kappa shape index (κ3) is 4.79. The molecule has 0 aliphatic carbocycles. The summed E-state index contributed by atoms with van der Waals surface area (Å²) < 4.78 is 0. The second kappa shape index (κ2) is 7.00. The molecule has 0 spiro atoms. The van der Waals surface area contributed by atoms with Crippen LogP contribution in [0, 0.1) is 6.92 Å². The number of aryl methyl sites for hydroxylation is 2. The highest BCUT2D eigenvalue weighted by molar-refractivity contribution is 5.14. The number of hydrogen-bond acceptors (Lipinski definition) is 3. The summed E-state index contributed by atoms with van der Waals surface area (Å²) in [7, 11) is 0. The Labute approximate surface area is 115 Å². The molecule has 1 aromatic heterocycles. The molecule has 0 bridgehead atoms. The molecular formula is C16H21N3. The van der Waals surface area contributed by atoms with Crippen LogP contribution in [0.1, 0.15) is 30.3 Å². The molecule has 0 saturated heterocycles. The van der Waals surface area contributed by atoms with Crippen LogP contribution in [0.2, 0.25) is 0 Å². The van der Waals surface area contributed by atoms with E-state index in [0.29, 0.717) is 6.04 Å². The second-order valence-corrected chi connectivity index (χ2v) is 4.96. The highest BCUT2D eigenvalue weighted by atomic mass is 14.9. The van der Waals surface area contributed by atoms with E-state index < -0.39 is 0 Å². The maximum Gasteiger partial charge on any atom is 0.0724 e. The van der Waals surface area contributed by atoms with E-state index in [9.17, 15) is 0 Å².